The van der Waals surface area contributed by atoms with E-state index in [2.05, 4.69) is 39.6 Å². The fraction of sp³-hybridized carbons (Fsp3) is 0.474. The molecule has 5 heteroatoms. The average molecular weight is 327 g/mol. The van der Waals surface area contributed by atoms with Crippen molar-refractivity contribution in [1.29, 1.82) is 0 Å². The topological polar surface area (TPSA) is 56.3 Å². The second-order valence-corrected chi connectivity index (χ2v) is 6.24. The van der Waals surface area contributed by atoms with Gasteiger partial charge in [0.15, 0.2) is 0 Å². The molecule has 1 N–H and O–H groups in total. The Hall–Kier alpha value is -1.98. The van der Waals surface area contributed by atoms with Gasteiger partial charge in [-0.25, -0.2) is 4.98 Å². The van der Waals surface area contributed by atoms with Gasteiger partial charge in [-0.3, -0.25) is 4.98 Å². The highest BCUT2D eigenvalue weighted by molar-refractivity contribution is 5.40. The van der Waals surface area contributed by atoms with Gasteiger partial charge in [-0.15, -0.1) is 0 Å². The first kappa shape index (κ1) is 16.9. The highest BCUT2D eigenvalue weighted by Gasteiger charge is 2.14. The van der Waals surface area contributed by atoms with E-state index in [-0.39, 0.29) is 0 Å². The number of nitrogens with zero attached hydrogens (tertiary/aromatic N) is 2. The van der Waals surface area contributed by atoms with Crippen LogP contribution in [0.15, 0.2) is 30.5 Å². The van der Waals surface area contributed by atoms with Gasteiger partial charge in [0.1, 0.15) is 5.82 Å². The first-order valence-electron chi connectivity index (χ1n) is 8.52. The monoisotopic (exact) mass is 327 g/mol. The molecule has 24 heavy (non-hydrogen) atoms. The van der Waals surface area contributed by atoms with E-state index in [0.717, 1.165) is 49.8 Å². The summed E-state index contributed by atoms with van der Waals surface area (Å²) in [5.74, 6) is 0.846. The predicted molar refractivity (Wildman–Crippen MR) is 93.9 cm³/mol. The van der Waals surface area contributed by atoms with Gasteiger partial charge in [0.2, 0.25) is 0 Å². The lowest BCUT2D eigenvalue weighted by Gasteiger charge is -2.22. The number of aryl methyl sites for hydroxylation is 2. The van der Waals surface area contributed by atoms with Crippen LogP contribution in [-0.2, 0) is 22.6 Å². The Morgan fingerprint density at radius 3 is 2.83 bits per heavy atom. The van der Waals surface area contributed by atoms with Gasteiger partial charge in [0.25, 0.3) is 0 Å². The van der Waals surface area contributed by atoms with Gasteiger partial charge in [-0.1, -0.05) is 24.3 Å². The lowest BCUT2D eigenvalue weighted by atomic mass is 10.1. The summed E-state index contributed by atoms with van der Waals surface area (Å²) < 4.78 is 11.4. The number of anilines is 1. The van der Waals surface area contributed by atoms with Gasteiger partial charge < -0.3 is 14.8 Å². The average Bonchev–Trinajstić information content (AvgIpc) is 2.62. The van der Waals surface area contributed by atoms with Gasteiger partial charge in [-0.2, -0.15) is 0 Å². The van der Waals surface area contributed by atoms with Gasteiger partial charge in [0.05, 0.1) is 24.1 Å². The number of nitrogens with one attached hydrogen (secondary N) is 1. The number of rotatable bonds is 6. The number of ether oxygens (including phenoxy) is 2. The number of hydrogen-bond acceptors (Lipinski definition) is 5. The van der Waals surface area contributed by atoms with Crippen molar-refractivity contribution in [3.8, 4) is 0 Å². The lowest BCUT2D eigenvalue weighted by molar-refractivity contribution is -0.0390. The lowest BCUT2D eigenvalue weighted by Crippen LogP contribution is -2.23. The Morgan fingerprint density at radius 2 is 2.00 bits per heavy atom. The van der Waals surface area contributed by atoms with Crippen molar-refractivity contribution >= 4 is 5.82 Å². The molecule has 2 heterocycles. The van der Waals surface area contributed by atoms with Crippen LogP contribution in [0.3, 0.4) is 0 Å². The molecule has 0 amide bonds. The van der Waals surface area contributed by atoms with Crippen molar-refractivity contribution < 1.29 is 9.47 Å². The molecule has 1 aromatic heterocycles. The normalized spacial score (nSPS) is 15.4. The Labute approximate surface area is 143 Å². The summed E-state index contributed by atoms with van der Waals surface area (Å²) in [6.45, 7) is 6.92. The van der Waals surface area contributed by atoms with Crippen LogP contribution in [0.2, 0.25) is 0 Å². The predicted octanol–water partition coefficient (Wildman–Crippen LogP) is 3.40. The molecule has 1 saturated heterocycles. The molecule has 0 atom stereocenters. The van der Waals surface area contributed by atoms with E-state index in [0.29, 0.717) is 12.7 Å². The molecule has 0 radical (unpaired) electrons. The third kappa shape index (κ3) is 4.76. The summed E-state index contributed by atoms with van der Waals surface area (Å²) in [5.41, 5.74) is 4.25. The Balaban J connectivity index is 1.55. The molecular weight excluding hydrogens is 302 g/mol. The zero-order valence-corrected chi connectivity index (χ0v) is 14.4. The van der Waals surface area contributed by atoms with Crippen molar-refractivity contribution in [2.75, 3.05) is 18.5 Å². The van der Waals surface area contributed by atoms with E-state index < -0.39 is 0 Å². The molecule has 0 unspecified atom stereocenters. The standard InChI is InChI=1S/C19H25N3O2/c1-14-11-20-15(2)19(22-14)21-12-16-4-3-5-17(10-16)13-24-18-6-8-23-9-7-18/h3-5,10-11,18H,6-9,12-13H2,1-2H3,(H,21,22). The Bertz CT molecular complexity index is 669. The summed E-state index contributed by atoms with van der Waals surface area (Å²) in [5, 5.41) is 3.37. The van der Waals surface area contributed by atoms with Crippen LogP contribution in [0, 0.1) is 13.8 Å². The zero-order valence-electron chi connectivity index (χ0n) is 14.4. The maximum Gasteiger partial charge on any atom is 0.148 e. The quantitative estimate of drug-likeness (QED) is 0.881. The molecule has 2 aromatic rings. The van der Waals surface area contributed by atoms with E-state index in [1.165, 1.54) is 11.1 Å². The van der Waals surface area contributed by atoms with E-state index in [4.69, 9.17) is 9.47 Å². The van der Waals surface area contributed by atoms with Crippen molar-refractivity contribution in [2.24, 2.45) is 0 Å². The van der Waals surface area contributed by atoms with Crippen LogP contribution in [0.1, 0.15) is 35.4 Å². The second-order valence-electron chi connectivity index (χ2n) is 6.24. The minimum absolute atomic E-state index is 0.325. The summed E-state index contributed by atoms with van der Waals surface area (Å²) in [6, 6.07) is 8.49. The van der Waals surface area contributed by atoms with E-state index in [1.54, 1.807) is 6.20 Å². The molecule has 0 saturated carbocycles. The number of hydrogen-bond donors (Lipinski definition) is 1. The van der Waals surface area contributed by atoms with Crippen molar-refractivity contribution in [3.05, 3.63) is 53.0 Å². The molecular formula is C19H25N3O2. The molecule has 5 nitrogen and oxygen atoms in total. The number of benzene rings is 1. The third-order valence-electron chi connectivity index (χ3n) is 4.18. The molecule has 128 valence electrons. The highest BCUT2D eigenvalue weighted by Crippen LogP contribution is 2.15. The number of aromatic nitrogens is 2. The fourth-order valence-corrected chi connectivity index (χ4v) is 2.78. The Kier molecular flexibility index (Phi) is 5.77. The van der Waals surface area contributed by atoms with Crippen LogP contribution >= 0.6 is 0 Å². The first-order valence-corrected chi connectivity index (χ1v) is 8.52. The smallest absolute Gasteiger partial charge is 0.148 e. The van der Waals surface area contributed by atoms with Crippen LogP contribution in [0.5, 0.6) is 0 Å². The van der Waals surface area contributed by atoms with Crippen molar-refractivity contribution in [3.63, 3.8) is 0 Å². The zero-order chi connectivity index (χ0) is 16.8. The van der Waals surface area contributed by atoms with Crippen LogP contribution in [-0.4, -0.2) is 29.3 Å². The van der Waals surface area contributed by atoms with E-state index in [1.807, 2.05) is 13.8 Å². The minimum atomic E-state index is 0.325. The van der Waals surface area contributed by atoms with Crippen LogP contribution in [0.25, 0.3) is 0 Å². The maximum atomic E-state index is 6.00. The SMILES string of the molecule is Cc1cnc(C)c(NCc2cccc(COC3CCOCC3)c2)n1. The van der Waals surface area contributed by atoms with Crippen molar-refractivity contribution in [1.82, 2.24) is 9.97 Å². The van der Waals surface area contributed by atoms with Crippen molar-refractivity contribution in [2.45, 2.75) is 45.9 Å². The van der Waals surface area contributed by atoms with Gasteiger partial charge >= 0.3 is 0 Å². The van der Waals surface area contributed by atoms with Crippen LogP contribution in [0.4, 0.5) is 5.82 Å². The first-order chi connectivity index (χ1) is 11.7. The summed E-state index contributed by atoms with van der Waals surface area (Å²) in [6.07, 6.45) is 4.10. The van der Waals surface area contributed by atoms with Gasteiger partial charge in [0, 0.05) is 26.0 Å². The molecule has 3 rings (SSSR count). The molecule has 1 aliphatic heterocycles. The molecule has 0 spiro atoms. The minimum Gasteiger partial charge on any atom is -0.381 e. The van der Waals surface area contributed by atoms with Crippen LogP contribution < -0.4 is 5.32 Å². The second kappa shape index (κ2) is 8.22. The molecule has 1 aliphatic rings. The molecule has 0 bridgehead atoms. The summed E-state index contributed by atoms with van der Waals surface area (Å²) >= 11 is 0. The largest absolute Gasteiger partial charge is 0.381 e. The third-order valence-corrected chi connectivity index (χ3v) is 4.18. The maximum absolute atomic E-state index is 6.00. The Morgan fingerprint density at radius 1 is 1.21 bits per heavy atom. The fourth-order valence-electron chi connectivity index (χ4n) is 2.78. The molecule has 0 aliphatic carbocycles. The van der Waals surface area contributed by atoms with E-state index >= 15 is 0 Å². The summed E-state index contributed by atoms with van der Waals surface area (Å²) in [7, 11) is 0. The molecule has 1 fully saturated rings. The van der Waals surface area contributed by atoms with Gasteiger partial charge in [-0.05, 0) is 37.8 Å². The molecule has 1 aromatic carbocycles. The van der Waals surface area contributed by atoms with E-state index in [9.17, 15) is 0 Å². The highest BCUT2D eigenvalue weighted by atomic mass is 16.5. The summed E-state index contributed by atoms with van der Waals surface area (Å²) in [4.78, 5) is 8.83.